The number of aliphatic hydroxyl groups excluding tert-OH is 1. The Morgan fingerprint density at radius 3 is 2.48 bits per heavy atom. The number of hydrogen-bond donors (Lipinski definition) is 2. The minimum absolute atomic E-state index is 0.00667. The first-order valence-corrected chi connectivity index (χ1v) is 7.31. The van der Waals surface area contributed by atoms with Crippen LogP contribution in [0.3, 0.4) is 0 Å². The van der Waals surface area contributed by atoms with Crippen LogP contribution in [0.4, 0.5) is 11.9 Å². The number of anilines is 2. The Morgan fingerprint density at radius 2 is 1.95 bits per heavy atom. The molecule has 7 nitrogen and oxygen atoms in total. The first-order chi connectivity index (χ1) is 9.80. The van der Waals surface area contributed by atoms with Gasteiger partial charge in [0.05, 0.1) is 18.2 Å². The number of ether oxygens (including phenoxy) is 1. The maximum absolute atomic E-state index is 9.49. The standard InChI is InChI=1S/C14H27N5O2/c1-7-8-15-11-16-12(19(6)14(4,5)9-20)18-13(17-11)21-10(2)3/h10,20H,7-9H2,1-6H3,(H,15,16,17,18). The zero-order chi connectivity index (χ0) is 16.0. The van der Waals surface area contributed by atoms with Crippen LogP contribution in [0.25, 0.3) is 0 Å². The maximum atomic E-state index is 9.49. The lowest BCUT2D eigenvalue weighted by atomic mass is 10.1. The molecule has 0 unspecified atom stereocenters. The molecule has 1 rings (SSSR count). The minimum Gasteiger partial charge on any atom is -0.461 e. The van der Waals surface area contributed by atoms with Gasteiger partial charge in [0.1, 0.15) is 0 Å². The van der Waals surface area contributed by atoms with Crippen LogP contribution in [0.5, 0.6) is 6.01 Å². The lowest BCUT2D eigenvalue weighted by molar-refractivity contribution is 0.211. The van der Waals surface area contributed by atoms with Crippen LogP contribution >= 0.6 is 0 Å². The summed E-state index contributed by atoms with van der Waals surface area (Å²) in [5.41, 5.74) is -0.474. The summed E-state index contributed by atoms with van der Waals surface area (Å²) in [6.07, 6.45) is 0.953. The molecule has 1 aromatic rings. The Morgan fingerprint density at radius 1 is 1.29 bits per heavy atom. The molecule has 0 spiro atoms. The second-order valence-electron chi connectivity index (χ2n) is 5.86. The summed E-state index contributed by atoms with van der Waals surface area (Å²) >= 11 is 0. The van der Waals surface area contributed by atoms with Crippen molar-refractivity contribution >= 4 is 11.9 Å². The normalized spacial score (nSPS) is 11.6. The molecule has 120 valence electrons. The second kappa shape index (κ2) is 7.40. The van der Waals surface area contributed by atoms with Crippen molar-refractivity contribution in [1.29, 1.82) is 0 Å². The van der Waals surface area contributed by atoms with Crippen molar-refractivity contribution in [3.63, 3.8) is 0 Å². The maximum Gasteiger partial charge on any atom is 0.323 e. The van der Waals surface area contributed by atoms with Crippen molar-refractivity contribution in [2.45, 2.75) is 52.7 Å². The quantitative estimate of drug-likeness (QED) is 0.755. The molecular formula is C14H27N5O2. The van der Waals surface area contributed by atoms with Gasteiger partial charge in [-0.3, -0.25) is 0 Å². The lowest BCUT2D eigenvalue weighted by Crippen LogP contribution is -2.45. The van der Waals surface area contributed by atoms with E-state index in [1.165, 1.54) is 0 Å². The molecule has 0 atom stereocenters. The Kier molecular flexibility index (Phi) is 6.14. The molecule has 0 aromatic carbocycles. The van der Waals surface area contributed by atoms with Gasteiger partial charge in [-0.1, -0.05) is 6.92 Å². The van der Waals surface area contributed by atoms with Crippen molar-refractivity contribution < 1.29 is 9.84 Å². The molecule has 0 aliphatic rings. The molecule has 0 aliphatic heterocycles. The predicted octanol–water partition coefficient (Wildman–Crippen LogP) is 1.69. The van der Waals surface area contributed by atoms with Gasteiger partial charge in [-0.05, 0) is 34.1 Å². The minimum atomic E-state index is -0.474. The van der Waals surface area contributed by atoms with E-state index in [4.69, 9.17) is 4.74 Å². The second-order valence-corrected chi connectivity index (χ2v) is 5.86. The smallest absolute Gasteiger partial charge is 0.323 e. The summed E-state index contributed by atoms with van der Waals surface area (Å²) in [5, 5.41) is 12.6. The van der Waals surface area contributed by atoms with E-state index in [1.54, 1.807) is 0 Å². The van der Waals surface area contributed by atoms with E-state index in [0.717, 1.165) is 13.0 Å². The number of rotatable bonds is 8. The van der Waals surface area contributed by atoms with Crippen LogP contribution in [0.15, 0.2) is 0 Å². The average molecular weight is 297 g/mol. The molecular weight excluding hydrogens is 270 g/mol. The molecule has 0 saturated heterocycles. The topological polar surface area (TPSA) is 83.4 Å². The fraction of sp³-hybridized carbons (Fsp3) is 0.786. The van der Waals surface area contributed by atoms with E-state index >= 15 is 0 Å². The molecule has 7 heteroatoms. The van der Waals surface area contributed by atoms with Crippen LogP contribution in [-0.4, -0.2) is 51.9 Å². The number of likely N-dealkylation sites (N-methyl/N-ethyl adjacent to an activating group) is 1. The highest BCUT2D eigenvalue weighted by Gasteiger charge is 2.26. The van der Waals surface area contributed by atoms with E-state index < -0.39 is 5.54 Å². The highest BCUT2D eigenvalue weighted by molar-refractivity contribution is 5.40. The molecule has 0 aliphatic carbocycles. The number of nitrogens with one attached hydrogen (secondary N) is 1. The van der Waals surface area contributed by atoms with Gasteiger partial charge in [-0.2, -0.15) is 15.0 Å². The highest BCUT2D eigenvalue weighted by atomic mass is 16.5. The average Bonchev–Trinajstić information content (AvgIpc) is 2.43. The van der Waals surface area contributed by atoms with Crippen molar-refractivity contribution in [2.75, 3.05) is 30.4 Å². The third-order valence-corrected chi connectivity index (χ3v) is 3.07. The van der Waals surface area contributed by atoms with Crippen LogP contribution in [-0.2, 0) is 0 Å². The summed E-state index contributed by atoms with van der Waals surface area (Å²) in [6.45, 7) is 10.5. The van der Waals surface area contributed by atoms with E-state index in [-0.39, 0.29) is 18.7 Å². The van der Waals surface area contributed by atoms with Crippen molar-refractivity contribution in [3.05, 3.63) is 0 Å². The van der Waals surface area contributed by atoms with Gasteiger partial charge in [0, 0.05) is 13.6 Å². The molecule has 21 heavy (non-hydrogen) atoms. The first-order valence-electron chi connectivity index (χ1n) is 7.31. The van der Waals surface area contributed by atoms with Crippen LogP contribution < -0.4 is 15.0 Å². The molecule has 0 fully saturated rings. The van der Waals surface area contributed by atoms with Gasteiger partial charge < -0.3 is 20.1 Å². The molecule has 0 amide bonds. The predicted molar refractivity (Wildman–Crippen MR) is 83.9 cm³/mol. The van der Waals surface area contributed by atoms with E-state index in [9.17, 15) is 5.11 Å². The van der Waals surface area contributed by atoms with Gasteiger partial charge in [0.2, 0.25) is 11.9 Å². The van der Waals surface area contributed by atoms with Gasteiger partial charge in [0.15, 0.2) is 0 Å². The zero-order valence-electron chi connectivity index (χ0n) is 13.8. The summed E-state index contributed by atoms with van der Waals surface area (Å²) < 4.78 is 5.58. The van der Waals surface area contributed by atoms with Crippen molar-refractivity contribution in [3.8, 4) is 6.01 Å². The van der Waals surface area contributed by atoms with E-state index in [1.807, 2.05) is 39.6 Å². The Labute approximate surface area is 126 Å². The molecule has 0 radical (unpaired) electrons. The Bertz CT molecular complexity index is 451. The fourth-order valence-corrected chi connectivity index (χ4v) is 1.45. The summed E-state index contributed by atoms with van der Waals surface area (Å²) in [5.74, 6) is 0.955. The molecule has 0 bridgehead atoms. The van der Waals surface area contributed by atoms with E-state index in [2.05, 4.69) is 27.2 Å². The van der Waals surface area contributed by atoms with Crippen LogP contribution in [0, 0.1) is 0 Å². The molecule has 2 N–H and O–H groups in total. The van der Waals surface area contributed by atoms with E-state index in [0.29, 0.717) is 11.9 Å². The third-order valence-electron chi connectivity index (χ3n) is 3.07. The molecule has 1 heterocycles. The van der Waals surface area contributed by atoms with Gasteiger partial charge >= 0.3 is 6.01 Å². The Hall–Kier alpha value is -1.63. The van der Waals surface area contributed by atoms with Crippen molar-refractivity contribution in [2.24, 2.45) is 0 Å². The largest absolute Gasteiger partial charge is 0.461 e. The van der Waals surface area contributed by atoms with Gasteiger partial charge in [-0.15, -0.1) is 0 Å². The van der Waals surface area contributed by atoms with Crippen molar-refractivity contribution in [1.82, 2.24) is 15.0 Å². The number of hydrogen-bond acceptors (Lipinski definition) is 7. The van der Waals surface area contributed by atoms with Crippen LogP contribution in [0.1, 0.15) is 41.0 Å². The summed E-state index contributed by atoms with van der Waals surface area (Å²) in [6, 6.07) is 0.286. The van der Waals surface area contributed by atoms with Gasteiger partial charge in [-0.25, -0.2) is 0 Å². The summed E-state index contributed by atoms with van der Waals surface area (Å²) in [4.78, 5) is 14.8. The van der Waals surface area contributed by atoms with Gasteiger partial charge in [0.25, 0.3) is 0 Å². The zero-order valence-corrected chi connectivity index (χ0v) is 13.8. The fourth-order valence-electron chi connectivity index (χ4n) is 1.45. The SMILES string of the molecule is CCCNc1nc(OC(C)C)nc(N(C)C(C)(C)CO)n1. The van der Waals surface area contributed by atoms with Crippen LogP contribution in [0.2, 0.25) is 0 Å². The molecule has 0 saturated carbocycles. The number of aliphatic hydroxyl groups is 1. The Balaban J connectivity index is 3.11. The first kappa shape index (κ1) is 17.4. The lowest BCUT2D eigenvalue weighted by Gasteiger charge is -2.34. The third kappa shape index (κ3) is 5.00. The monoisotopic (exact) mass is 297 g/mol. The number of nitrogens with zero attached hydrogens (tertiary/aromatic N) is 4. The number of aromatic nitrogens is 3. The summed E-state index contributed by atoms with van der Waals surface area (Å²) in [7, 11) is 1.84. The highest BCUT2D eigenvalue weighted by Crippen LogP contribution is 2.21. The molecule has 1 aromatic heterocycles.